The number of ether oxygens (including phenoxy) is 2. The Morgan fingerprint density at radius 3 is 2.69 bits per heavy atom. The van der Waals surface area contributed by atoms with Gasteiger partial charge in [0.25, 0.3) is 5.91 Å². The quantitative estimate of drug-likeness (QED) is 0.682. The largest absolute Gasteiger partial charge is 0.380 e. The molecule has 2 aliphatic rings. The average Bonchev–Trinajstić information content (AvgIpc) is 3.11. The number of rotatable bonds is 7. The number of likely N-dealkylation sites (tertiary alicyclic amines) is 1. The molecule has 0 bridgehead atoms. The normalized spacial score (nSPS) is 19.5. The van der Waals surface area contributed by atoms with Crippen LogP contribution in [0.3, 0.4) is 0 Å². The summed E-state index contributed by atoms with van der Waals surface area (Å²) in [5, 5.41) is 0. The van der Waals surface area contributed by atoms with Crippen LogP contribution in [0.25, 0.3) is 0 Å². The van der Waals surface area contributed by atoms with E-state index in [0.29, 0.717) is 0 Å². The van der Waals surface area contributed by atoms with E-state index in [9.17, 15) is 4.79 Å². The Morgan fingerprint density at radius 1 is 1.31 bits per heavy atom. The molecule has 6 heteroatoms. The maximum atomic E-state index is 12.8. The molecule has 1 amide bonds. The van der Waals surface area contributed by atoms with E-state index in [1.165, 1.54) is 10.4 Å². The Kier molecular flexibility index (Phi) is 6.72. The van der Waals surface area contributed by atoms with Crippen LogP contribution in [0.2, 0.25) is 0 Å². The smallest absolute Gasteiger partial charge is 0.263 e. The van der Waals surface area contributed by atoms with Crippen LogP contribution in [0.5, 0.6) is 0 Å². The summed E-state index contributed by atoms with van der Waals surface area (Å²) in [5.74, 6) is 0.165. The fourth-order valence-corrected chi connectivity index (χ4v) is 5.28. The maximum Gasteiger partial charge on any atom is 0.263 e. The average molecular weight is 381 g/mol. The molecule has 0 aliphatic carbocycles. The molecule has 1 spiro atoms. The van der Waals surface area contributed by atoms with Crippen molar-refractivity contribution in [3.8, 4) is 0 Å². The first-order valence-corrected chi connectivity index (χ1v) is 10.8. The molecule has 26 heavy (non-hydrogen) atoms. The second-order valence-electron chi connectivity index (χ2n) is 7.06. The summed E-state index contributed by atoms with van der Waals surface area (Å²) < 4.78 is 11.8. The minimum Gasteiger partial charge on any atom is -0.380 e. The second-order valence-corrected chi connectivity index (χ2v) is 8.19. The van der Waals surface area contributed by atoms with Crippen molar-refractivity contribution in [2.24, 2.45) is 0 Å². The highest BCUT2D eigenvalue weighted by Gasteiger charge is 2.42. The molecule has 0 unspecified atom stereocenters. The van der Waals surface area contributed by atoms with E-state index in [2.05, 4.69) is 11.0 Å². The third-order valence-electron chi connectivity index (χ3n) is 5.69. The summed E-state index contributed by atoms with van der Waals surface area (Å²) in [6.45, 7) is 13.0. The van der Waals surface area contributed by atoms with E-state index in [4.69, 9.17) is 9.47 Å². The molecule has 1 aromatic heterocycles. The van der Waals surface area contributed by atoms with Crippen molar-refractivity contribution in [3.63, 3.8) is 0 Å². The van der Waals surface area contributed by atoms with E-state index in [0.717, 1.165) is 76.7 Å². The third-order valence-corrected chi connectivity index (χ3v) is 6.87. The zero-order valence-corrected chi connectivity index (χ0v) is 17.2. The Morgan fingerprint density at radius 2 is 2.04 bits per heavy atom. The van der Waals surface area contributed by atoms with Crippen molar-refractivity contribution >= 4 is 17.2 Å². The number of fused-ring (bicyclic) bond motifs is 2. The second kappa shape index (κ2) is 8.83. The van der Waals surface area contributed by atoms with Gasteiger partial charge < -0.3 is 19.3 Å². The molecule has 0 N–H and O–H groups in total. The van der Waals surface area contributed by atoms with Gasteiger partial charge in [-0.25, -0.2) is 0 Å². The molecule has 2 aliphatic heterocycles. The van der Waals surface area contributed by atoms with Crippen LogP contribution in [-0.2, 0) is 21.5 Å². The van der Waals surface area contributed by atoms with Crippen LogP contribution < -0.4 is 0 Å². The van der Waals surface area contributed by atoms with Gasteiger partial charge in [0.15, 0.2) is 0 Å². The topological polar surface area (TPSA) is 42.0 Å². The lowest BCUT2D eigenvalue weighted by molar-refractivity contribution is -0.0986. The molecule has 0 saturated carbocycles. The summed E-state index contributed by atoms with van der Waals surface area (Å²) >= 11 is 1.68. The Hall–Kier alpha value is -0.950. The SMILES string of the molecule is CCOCCN1CCC2(CC1)OCCc1sc(C(=O)N(CC)CC)cc12. The summed E-state index contributed by atoms with van der Waals surface area (Å²) in [4.78, 5) is 19.4. The van der Waals surface area contributed by atoms with Crippen LogP contribution in [0.1, 0.15) is 53.7 Å². The van der Waals surface area contributed by atoms with Gasteiger partial charge in [0, 0.05) is 50.6 Å². The van der Waals surface area contributed by atoms with E-state index in [1.807, 2.05) is 25.7 Å². The summed E-state index contributed by atoms with van der Waals surface area (Å²) in [5.41, 5.74) is 1.10. The molecule has 5 nitrogen and oxygen atoms in total. The molecule has 1 fully saturated rings. The van der Waals surface area contributed by atoms with E-state index in [-0.39, 0.29) is 11.5 Å². The van der Waals surface area contributed by atoms with Gasteiger partial charge in [-0.2, -0.15) is 0 Å². The third kappa shape index (κ3) is 3.98. The lowest BCUT2D eigenvalue weighted by Crippen LogP contribution is -2.46. The first-order chi connectivity index (χ1) is 12.6. The highest BCUT2D eigenvalue weighted by Crippen LogP contribution is 2.44. The number of carbonyl (C=O) groups is 1. The molecule has 0 atom stereocenters. The number of carbonyl (C=O) groups excluding carboxylic acids is 1. The van der Waals surface area contributed by atoms with Gasteiger partial charge in [0.2, 0.25) is 0 Å². The van der Waals surface area contributed by atoms with Gasteiger partial charge in [0.1, 0.15) is 0 Å². The lowest BCUT2D eigenvalue weighted by atomic mass is 9.82. The summed E-state index contributed by atoms with van der Waals surface area (Å²) in [6, 6.07) is 2.13. The van der Waals surface area contributed by atoms with Crippen LogP contribution in [-0.4, -0.2) is 68.3 Å². The van der Waals surface area contributed by atoms with E-state index in [1.54, 1.807) is 11.3 Å². The Labute approximate surface area is 161 Å². The van der Waals surface area contributed by atoms with E-state index < -0.39 is 0 Å². The van der Waals surface area contributed by atoms with Crippen LogP contribution >= 0.6 is 11.3 Å². The van der Waals surface area contributed by atoms with Gasteiger partial charge in [-0.05, 0) is 45.2 Å². The zero-order valence-electron chi connectivity index (χ0n) is 16.4. The molecule has 146 valence electrons. The number of hydrogen-bond acceptors (Lipinski definition) is 5. The Bertz CT molecular complexity index is 604. The van der Waals surface area contributed by atoms with Crippen LogP contribution in [0.4, 0.5) is 0 Å². The molecule has 0 aromatic carbocycles. The first kappa shape index (κ1) is 19.8. The fraction of sp³-hybridized carbons (Fsp3) is 0.750. The Balaban J connectivity index is 1.72. The van der Waals surface area contributed by atoms with Crippen molar-refractivity contribution in [3.05, 3.63) is 21.4 Å². The van der Waals surface area contributed by atoms with Gasteiger partial charge in [-0.15, -0.1) is 11.3 Å². The number of hydrogen-bond donors (Lipinski definition) is 0. The maximum absolute atomic E-state index is 12.8. The first-order valence-electron chi connectivity index (χ1n) is 10.00. The minimum absolute atomic E-state index is 0.165. The van der Waals surface area contributed by atoms with Gasteiger partial charge in [-0.1, -0.05) is 0 Å². The molecule has 0 radical (unpaired) electrons. The van der Waals surface area contributed by atoms with Crippen molar-refractivity contribution < 1.29 is 14.3 Å². The number of nitrogens with zero attached hydrogens (tertiary/aromatic N) is 2. The van der Waals surface area contributed by atoms with Crippen molar-refractivity contribution in [2.75, 3.05) is 52.5 Å². The van der Waals surface area contributed by atoms with Gasteiger partial charge >= 0.3 is 0 Å². The van der Waals surface area contributed by atoms with Gasteiger partial charge in [-0.3, -0.25) is 4.79 Å². The molecule has 3 heterocycles. The number of amides is 1. The summed E-state index contributed by atoms with van der Waals surface area (Å²) in [7, 11) is 0. The predicted octanol–water partition coefficient (Wildman–Crippen LogP) is 3.13. The highest BCUT2D eigenvalue weighted by atomic mass is 32.1. The molecule has 1 aromatic rings. The number of piperidine rings is 1. The molecular weight excluding hydrogens is 348 g/mol. The van der Waals surface area contributed by atoms with Crippen molar-refractivity contribution in [1.82, 2.24) is 9.80 Å². The summed E-state index contributed by atoms with van der Waals surface area (Å²) in [6.07, 6.45) is 2.94. The van der Waals surface area contributed by atoms with E-state index >= 15 is 0 Å². The van der Waals surface area contributed by atoms with Gasteiger partial charge in [0.05, 0.1) is 23.7 Å². The van der Waals surface area contributed by atoms with Crippen LogP contribution in [0.15, 0.2) is 6.07 Å². The zero-order chi connectivity index (χ0) is 18.6. The lowest BCUT2D eigenvalue weighted by Gasteiger charge is -2.44. The molecular formula is C20H32N2O3S. The standard InChI is InChI=1S/C20H32N2O3S/c1-4-22(5-2)19(23)18-15-16-17(26-18)7-13-25-20(16)8-10-21(11-9-20)12-14-24-6-3/h15H,4-14H2,1-3H3. The highest BCUT2D eigenvalue weighted by molar-refractivity contribution is 7.14. The molecule has 3 rings (SSSR count). The van der Waals surface area contributed by atoms with Crippen molar-refractivity contribution in [2.45, 2.75) is 45.6 Å². The molecule has 1 saturated heterocycles. The van der Waals surface area contributed by atoms with Crippen LogP contribution in [0, 0.1) is 0 Å². The monoisotopic (exact) mass is 380 g/mol. The minimum atomic E-state index is -0.187. The fourth-order valence-electron chi connectivity index (χ4n) is 4.08. The number of thiophene rings is 1. The van der Waals surface area contributed by atoms with Crippen molar-refractivity contribution in [1.29, 1.82) is 0 Å². The predicted molar refractivity (Wildman–Crippen MR) is 105 cm³/mol.